The van der Waals surface area contributed by atoms with Gasteiger partial charge in [-0.25, -0.2) is 4.79 Å². The first-order valence-corrected chi connectivity index (χ1v) is 7.34. The van der Waals surface area contributed by atoms with Crippen molar-refractivity contribution in [1.82, 2.24) is 0 Å². The lowest BCUT2D eigenvalue weighted by Crippen LogP contribution is -1.87. The van der Waals surface area contributed by atoms with Crippen molar-refractivity contribution in [2.75, 3.05) is 0 Å². The highest BCUT2D eigenvalue weighted by atomic mass is 16.4. The molecule has 2 nitrogen and oxygen atoms in total. The van der Waals surface area contributed by atoms with E-state index in [1.54, 1.807) is 0 Å². The number of hydrogen-bond donors (Lipinski definition) is 1. The maximum absolute atomic E-state index is 10.1. The van der Waals surface area contributed by atoms with Crippen molar-refractivity contribution < 1.29 is 9.90 Å². The van der Waals surface area contributed by atoms with E-state index in [0.717, 1.165) is 18.8 Å². The molecule has 0 aromatic carbocycles. The molecule has 0 spiro atoms. The summed E-state index contributed by atoms with van der Waals surface area (Å²) in [7, 11) is 0. The molecule has 0 amide bonds. The Bertz CT molecular complexity index is 258. The highest BCUT2D eigenvalue weighted by Gasteiger charge is 1.95. The molecule has 0 heterocycles. The molecule has 0 rings (SSSR count). The Morgan fingerprint density at radius 3 is 1.94 bits per heavy atom. The van der Waals surface area contributed by atoms with Gasteiger partial charge in [0.1, 0.15) is 0 Å². The Morgan fingerprint density at radius 2 is 1.44 bits per heavy atom. The lowest BCUT2D eigenvalue weighted by molar-refractivity contribution is -0.130. The van der Waals surface area contributed by atoms with Gasteiger partial charge < -0.3 is 5.11 Å². The standard InChI is InChI=1S/C16H28O2/c1-15(2)13-11-9-7-5-3-4-6-8-10-12-14-16(17)18/h15H,3-11,13H2,1-2H3,(H,17,18). The van der Waals surface area contributed by atoms with Crippen LogP contribution in [0.3, 0.4) is 0 Å². The van der Waals surface area contributed by atoms with Crippen LogP contribution in [-0.2, 0) is 4.79 Å². The molecule has 18 heavy (non-hydrogen) atoms. The molecule has 0 fully saturated rings. The Hall–Kier alpha value is -0.970. The Labute approximate surface area is 112 Å². The van der Waals surface area contributed by atoms with Crippen molar-refractivity contribution >= 4 is 5.97 Å². The molecule has 0 aliphatic carbocycles. The molecule has 0 radical (unpaired) electrons. The average Bonchev–Trinajstić information content (AvgIpc) is 2.29. The van der Waals surface area contributed by atoms with Gasteiger partial charge in [-0.2, -0.15) is 0 Å². The fourth-order valence-corrected chi connectivity index (χ4v) is 1.96. The summed E-state index contributed by atoms with van der Waals surface area (Å²) in [6.45, 7) is 4.57. The van der Waals surface area contributed by atoms with Crippen molar-refractivity contribution in [3.05, 3.63) is 0 Å². The molecule has 104 valence electrons. The number of rotatable bonds is 10. The fraction of sp³-hybridized carbons (Fsp3) is 0.812. The van der Waals surface area contributed by atoms with Gasteiger partial charge in [0.15, 0.2) is 0 Å². The zero-order chi connectivity index (χ0) is 13.6. The molecule has 1 N–H and O–H groups in total. The Morgan fingerprint density at radius 1 is 0.944 bits per heavy atom. The predicted octanol–water partition coefficient (Wildman–Crippen LogP) is 4.63. The predicted molar refractivity (Wildman–Crippen MR) is 76.4 cm³/mol. The number of unbranched alkanes of at least 4 members (excludes halogenated alkanes) is 8. The van der Waals surface area contributed by atoms with E-state index in [-0.39, 0.29) is 0 Å². The van der Waals surface area contributed by atoms with Gasteiger partial charge in [-0.15, -0.1) is 0 Å². The maximum atomic E-state index is 10.1. The van der Waals surface area contributed by atoms with Crippen LogP contribution in [-0.4, -0.2) is 11.1 Å². The minimum atomic E-state index is -1.02. The summed E-state index contributed by atoms with van der Waals surface area (Å²) >= 11 is 0. The van der Waals surface area contributed by atoms with E-state index in [1.807, 2.05) is 0 Å². The van der Waals surface area contributed by atoms with E-state index in [1.165, 1.54) is 51.4 Å². The van der Waals surface area contributed by atoms with Crippen molar-refractivity contribution in [1.29, 1.82) is 0 Å². The lowest BCUT2D eigenvalue weighted by Gasteiger charge is -2.04. The molecule has 2 heteroatoms. The minimum absolute atomic E-state index is 0.723. The molecule has 0 saturated heterocycles. The molecule has 0 unspecified atom stereocenters. The second-order valence-corrected chi connectivity index (χ2v) is 5.37. The van der Waals surface area contributed by atoms with Crippen LogP contribution >= 0.6 is 0 Å². The van der Waals surface area contributed by atoms with Crippen molar-refractivity contribution in [2.45, 2.75) is 78.1 Å². The molecular weight excluding hydrogens is 224 g/mol. The number of carboxylic acid groups (broad SMARTS) is 1. The van der Waals surface area contributed by atoms with Gasteiger partial charge in [0.05, 0.1) is 0 Å². The highest BCUT2D eigenvalue weighted by molar-refractivity contribution is 5.86. The zero-order valence-electron chi connectivity index (χ0n) is 12.0. The average molecular weight is 252 g/mol. The second-order valence-electron chi connectivity index (χ2n) is 5.37. The number of aliphatic carboxylic acids is 1. The van der Waals surface area contributed by atoms with Crippen molar-refractivity contribution in [3.8, 4) is 11.8 Å². The van der Waals surface area contributed by atoms with E-state index in [9.17, 15) is 4.79 Å². The number of carboxylic acids is 1. The van der Waals surface area contributed by atoms with Gasteiger partial charge >= 0.3 is 5.97 Å². The number of carbonyl (C=O) groups is 1. The summed E-state index contributed by atoms with van der Waals surface area (Å²) in [6, 6.07) is 0. The molecule has 0 atom stereocenters. The first kappa shape index (κ1) is 17.0. The molecule has 0 aliphatic rings. The topological polar surface area (TPSA) is 37.3 Å². The summed E-state index contributed by atoms with van der Waals surface area (Å²) in [5, 5.41) is 8.32. The van der Waals surface area contributed by atoms with E-state index in [2.05, 4.69) is 25.7 Å². The lowest BCUT2D eigenvalue weighted by atomic mass is 10.0. The maximum Gasteiger partial charge on any atom is 0.381 e. The summed E-state index contributed by atoms with van der Waals surface area (Å²) in [5.74, 6) is 4.64. The van der Waals surface area contributed by atoms with Crippen LogP contribution in [0, 0.1) is 17.8 Å². The van der Waals surface area contributed by atoms with E-state index in [0.29, 0.717) is 0 Å². The van der Waals surface area contributed by atoms with Gasteiger partial charge in [-0.05, 0) is 12.3 Å². The minimum Gasteiger partial charge on any atom is -0.472 e. The monoisotopic (exact) mass is 252 g/mol. The van der Waals surface area contributed by atoms with Gasteiger partial charge in [0.25, 0.3) is 0 Å². The SMILES string of the molecule is CC(C)CCCCCCCCCCC#CC(=O)O. The van der Waals surface area contributed by atoms with Crippen LogP contribution in [0.4, 0.5) is 0 Å². The zero-order valence-corrected chi connectivity index (χ0v) is 12.0. The fourth-order valence-electron chi connectivity index (χ4n) is 1.96. The van der Waals surface area contributed by atoms with Crippen molar-refractivity contribution in [3.63, 3.8) is 0 Å². The molecular formula is C16H28O2. The summed E-state index contributed by atoms with van der Waals surface area (Å²) in [5.41, 5.74) is 0. The normalized spacial score (nSPS) is 10.2. The summed E-state index contributed by atoms with van der Waals surface area (Å²) < 4.78 is 0. The smallest absolute Gasteiger partial charge is 0.381 e. The van der Waals surface area contributed by atoms with Crippen LogP contribution < -0.4 is 0 Å². The largest absolute Gasteiger partial charge is 0.472 e. The Balaban J connectivity index is 3.08. The molecule has 0 bridgehead atoms. The molecule has 0 aromatic rings. The number of hydrogen-bond acceptors (Lipinski definition) is 1. The van der Waals surface area contributed by atoms with Gasteiger partial charge in [-0.1, -0.05) is 71.1 Å². The molecule has 0 saturated carbocycles. The van der Waals surface area contributed by atoms with Crippen LogP contribution in [0.5, 0.6) is 0 Å². The quantitative estimate of drug-likeness (QED) is 0.454. The second kappa shape index (κ2) is 12.5. The van der Waals surface area contributed by atoms with Gasteiger partial charge in [0.2, 0.25) is 0 Å². The summed E-state index contributed by atoms with van der Waals surface area (Å²) in [6.07, 6.45) is 12.3. The van der Waals surface area contributed by atoms with Crippen LogP contribution in [0.1, 0.15) is 78.1 Å². The van der Waals surface area contributed by atoms with Gasteiger partial charge in [0, 0.05) is 12.3 Å². The third kappa shape index (κ3) is 15.0. The van der Waals surface area contributed by atoms with Gasteiger partial charge in [-0.3, -0.25) is 0 Å². The van der Waals surface area contributed by atoms with Crippen LogP contribution in [0.2, 0.25) is 0 Å². The van der Waals surface area contributed by atoms with E-state index < -0.39 is 5.97 Å². The van der Waals surface area contributed by atoms with Crippen LogP contribution in [0.25, 0.3) is 0 Å². The third-order valence-electron chi connectivity index (χ3n) is 3.03. The first-order chi connectivity index (χ1) is 8.63. The van der Waals surface area contributed by atoms with E-state index >= 15 is 0 Å². The third-order valence-corrected chi connectivity index (χ3v) is 3.03. The van der Waals surface area contributed by atoms with Crippen LogP contribution in [0.15, 0.2) is 0 Å². The summed E-state index contributed by atoms with van der Waals surface area (Å²) in [4.78, 5) is 10.1. The Kier molecular flexibility index (Phi) is 11.8. The molecule has 0 aromatic heterocycles. The van der Waals surface area contributed by atoms with E-state index in [4.69, 9.17) is 5.11 Å². The highest BCUT2D eigenvalue weighted by Crippen LogP contribution is 2.12. The van der Waals surface area contributed by atoms with Crippen molar-refractivity contribution in [2.24, 2.45) is 5.92 Å². The first-order valence-electron chi connectivity index (χ1n) is 7.34. The molecule has 0 aliphatic heterocycles.